The zero-order chi connectivity index (χ0) is 9.68. The lowest BCUT2D eigenvalue weighted by molar-refractivity contribution is -0.116. The van der Waals surface area contributed by atoms with Crippen molar-refractivity contribution in [2.45, 2.75) is 38.8 Å². The summed E-state index contributed by atoms with van der Waals surface area (Å²) in [6.45, 7) is 4.99. The quantitative estimate of drug-likeness (QED) is 0.634. The predicted octanol–water partition coefficient (Wildman–Crippen LogP) is 0.819. The van der Waals surface area contributed by atoms with Gasteiger partial charge in [0, 0.05) is 18.2 Å². The number of nitrogens with one attached hydrogen (secondary N) is 2. The van der Waals surface area contributed by atoms with Crippen molar-refractivity contribution < 1.29 is 4.79 Å². The molecule has 0 bridgehead atoms. The summed E-state index contributed by atoms with van der Waals surface area (Å²) < 4.78 is 0. The van der Waals surface area contributed by atoms with E-state index in [0.717, 1.165) is 13.0 Å². The Kier molecular flexibility index (Phi) is 3.96. The van der Waals surface area contributed by atoms with Crippen LogP contribution in [0.5, 0.6) is 0 Å². The van der Waals surface area contributed by atoms with Gasteiger partial charge in [0.1, 0.15) is 0 Å². The molecule has 1 fully saturated rings. The molecule has 74 valence electrons. The van der Waals surface area contributed by atoms with Gasteiger partial charge in [-0.25, -0.2) is 0 Å². The monoisotopic (exact) mass is 182 g/mol. The minimum Gasteiger partial charge on any atom is -0.350 e. The van der Waals surface area contributed by atoms with Gasteiger partial charge in [-0.3, -0.25) is 4.79 Å². The first-order chi connectivity index (χ1) is 6.18. The van der Waals surface area contributed by atoms with Crippen molar-refractivity contribution in [3.05, 3.63) is 12.2 Å². The fourth-order valence-electron chi connectivity index (χ4n) is 1.41. The largest absolute Gasteiger partial charge is 0.350 e. The Labute approximate surface area is 79.6 Å². The summed E-state index contributed by atoms with van der Waals surface area (Å²) in [6.07, 6.45) is 5.93. The van der Waals surface area contributed by atoms with Crippen LogP contribution in [0.2, 0.25) is 0 Å². The van der Waals surface area contributed by atoms with Gasteiger partial charge in [-0.05, 0) is 33.2 Å². The van der Waals surface area contributed by atoms with Crippen LogP contribution in [-0.4, -0.2) is 24.5 Å². The first kappa shape index (κ1) is 10.3. The number of hydrogen-bond acceptors (Lipinski definition) is 2. The maximum absolute atomic E-state index is 11.2. The van der Waals surface area contributed by atoms with Gasteiger partial charge in [0.15, 0.2) is 0 Å². The Bertz CT molecular complexity index is 193. The van der Waals surface area contributed by atoms with Crippen molar-refractivity contribution in [1.29, 1.82) is 0 Å². The lowest BCUT2D eigenvalue weighted by Gasteiger charge is -2.05. The van der Waals surface area contributed by atoms with Crippen molar-refractivity contribution in [2.75, 3.05) is 6.54 Å². The molecule has 2 N–H and O–H groups in total. The normalized spacial score (nSPS) is 22.8. The van der Waals surface area contributed by atoms with E-state index >= 15 is 0 Å². The molecule has 0 aliphatic carbocycles. The number of carbonyl (C=O) groups is 1. The highest BCUT2D eigenvalue weighted by molar-refractivity contribution is 5.87. The molecule has 3 heteroatoms. The number of rotatable bonds is 3. The molecule has 3 nitrogen and oxygen atoms in total. The molecule has 0 aromatic heterocycles. The van der Waals surface area contributed by atoms with Gasteiger partial charge in [0.25, 0.3) is 0 Å². The first-order valence-electron chi connectivity index (χ1n) is 4.90. The molecule has 0 spiro atoms. The Hall–Kier alpha value is -0.830. The average molecular weight is 182 g/mol. The summed E-state index contributed by atoms with van der Waals surface area (Å²) in [4.78, 5) is 11.2. The molecule has 1 rings (SSSR count). The molecule has 0 saturated carbocycles. The van der Waals surface area contributed by atoms with E-state index in [1.165, 1.54) is 6.42 Å². The molecule has 13 heavy (non-hydrogen) atoms. The molecule has 1 aliphatic heterocycles. The summed E-state index contributed by atoms with van der Waals surface area (Å²) in [5, 5.41) is 6.11. The molecule has 1 saturated heterocycles. The van der Waals surface area contributed by atoms with Crippen LogP contribution in [0.4, 0.5) is 0 Å². The van der Waals surface area contributed by atoms with Crippen molar-refractivity contribution in [3.8, 4) is 0 Å². The average Bonchev–Trinajstić information content (AvgIpc) is 2.51. The second-order valence-electron chi connectivity index (χ2n) is 3.73. The SMILES string of the molecule is CC(C)NC(=O)/C=C/[C@H]1CCCN1. The Morgan fingerprint density at radius 1 is 1.62 bits per heavy atom. The van der Waals surface area contributed by atoms with E-state index in [4.69, 9.17) is 0 Å². The van der Waals surface area contributed by atoms with Crippen LogP contribution in [0.15, 0.2) is 12.2 Å². The summed E-state index contributed by atoms with van der Waals surface area (Å²) in [7, 11) is 0. The van der Waals surface area contributed by atoms with E-state index < -0.39 is 0 Å². The van der Waals surface area contributed by atoms with Crippen LogP contribution in [0, 0.1) is 0 Å². The molecule has 0 aromatic rings. The van der Waals surface area contributed by atoms with E-state index in [0.29, 0.717) is 6.04 Å². The minimum absolute atomic E-state index is 0.00343. The van der Waals surface area contributed by atoms with Crippen molar-refractivity contribution >= 4 is 5.91 Å². The van der Waals surface area contributed by atoms with Crippen molar-refractivity contribution in [1.82, 2.24) is 10.6 Å². The van der Waals surface area contributed by atoms with Crippen molar-refractivity contribution in [2.24, 2.45) is 0 Å². The summed E-state index contributed by atoms with van der Waals surface area (Å²) in [6, 6.07) is 0.617. The predicted molar refractivity (Wildman–Crippen MR) is 53.4 cm³/mol. The van der Waals surface area contributed by atoms with Crippen LogP contribution in [0.3, 0.4) is 0 Å². The summed E-state index contributed by atoms with van der Waals surface area (Å²) in [5.41, 5.74) is 0. The molecule has 1 heterocycles. The third-order valence-corrected chi connectivity index (χ3v) is 2.01. The second kappa shape index (κ2) is 5.02. The van der Waals surface area contributed by atoms with Gasteiger partial charge in [0.2, 0.25) is 5.91 Å². The van der Waals surface area contributed by atoms with Crippen LogP contribution >= 0.6 is 0 Å². The molecule has 1 aliphatic rings. The van der Waals surface area contributed by atoms with E-state index in [-0.39, 0.29) is 11.9 Å². The van der Waals surface area contributed by atoms with Crippen LogP contribution < -0.4 is 10.6 Å². The zero-order valence-corrected chi connectivity index (χ0v) is 8.34. The molecule has 0 aromatic carbocycles. The molecule has 1 amide bonds. The fourth-order valence-corrected chi connectivity index (χ4v) is 1.41. The summed E-state index contributed by atoms with van der Waals surface area (Å²) in [5.74, 6) is 0.00343. The van der Waals surface area contributed by atoms with E-state index in [9.17, 15) is 4.79 Å². The number of hydrogen-bond donors (Lipinski definition) is 2. The van der Waals surface area contributed by atoms with E-state index in [1.807, 2.05) is 19.9 Å². The molecule has 0 radical (unpaired) electrons. The van der Waals surface area contributed by atoms with E-state index in [2.05, 4.69) is 10.6 Å². The molecular weight excluding hydrogens is 164 g/mol. The highest BCUT2D eigenvalue weighted by Crippen LogP contribution is 2.05. The maximum atomic E-state index is 11.2. The van der Waals surface area contributed by atoms with Gasteiger partial charge in [-0.15, -0.1) is 0 Å². The van der Waals surface area contributed by atoms with Gasteiger partial charge < -0.3 is 10.6 Å². The maximum Gasteiger partial charge on any atom is 0.243 e. The highest BCUT2D eigenvalue weighted by Gasteiger charge is 2.10. The van der Waals surface area contributed by atoms with Crippen molar-refractivity contribution in [3.63, 3.8) is 0 Å². The lowest BCUT2D eigenvalue weighted by atomic mass is 10.2. The van der Waals surface area contributed by atoms with Gasteiger partial charge >= 0.3 is 0 Å². The van der Waals surface area contributed by atoms with Gasteiger partial charge in [0.05, 0.1) is 0 Å². The lowest BCUT2D eigenvalue weighted by Crippen LogP contribution is -2.29. The summed E-state index contributed by atoms with van der Waals surface area (Å²) >= 11 is 0. The topological polar surface area (TPSA) is 41.1 Å². The zero-order valence-electron chi connectivity index (χ0n) is 8.34. The third kappa shape index (κ3) is 4.08. The van der Waals surface area contributed by atoms with Gasteiger partial charge in [-0.1, -0.05) is 6.08 Å². The fraction of sp³-hybridized carbons (Fsp3) is 0.700. The Morgan fingerprint density at radius 2 is 2.38 bits per heavy atom. The minimum atomic E-state index is 0.00343. The highest BCUT2D eigenvalue weighted by atomic mass is 16.1. The van der Waals surface area contributed by atoms with Gasteiger partial charge in [-0.2, -0.15) is 0 Å². The first-order valence-corrected chi connectivity index (χ1v) is 4.90. The number of amides is 1. The van der Waals surface area contributed by atoms with E-state index in [1.54, 1.807) is 6.08 Å². The molecule has 0 unspecified atom stereocenters. The second-order valence-corrected chi connectivity index (χ2v) is 3.73. The molecule has 1 atom stereocenters. The number of carbonyl (C=O) groups excluding carboxylic acids is 1. The third-order valence-electron chi connectivity index (χ3n) is 2.01. The Balaban J connectivity index is 2.25. The van der Waals surface area contributed by atoms with Crippen LogP contribution in [-0.2, 0) is 4.79 Å². The molecular formula is C10H18N2O. The van der Waals surface area contributed by atoms with Crippen LogP contribution in [0.25, 0.3) is 0 Å². The smallest absolute Gasteiger partial charge is 0.243 e. The van der Waals surface area contributed by atoms with Crippen LogP contribution in [0.1, 0.15) is 26.7 Å². The Morgan fingerprint density at radius 3 is 2.92 bits per heavy atom. The standard InChI is InChI=1S/C10H18N2O/c1-8(2)12-10(13)6-5-9-4-3-7-11-9/h5-6,8-9,11H,3-4,7H2,1-2H3,(H,12,13)/b6-5+/t9-/m1/s1.